The molecule has 0 saturated carbocycles. The van der Waals surface area contributed by atoms with Crippen molar-refractivity contribution in [2.45, 2.75) is 0 Å². The van der Waals surface area contributed by atoms with E-state index in [9.17, 15) is 0 Å². The molecule has 0 aromatic heterocycles. The molecule has 1 heterocycles. The summed E-state index contributed by atoms with van der Waals surface area (Å²) in [6, 6.07) is 9.83. The van der Waals surface area contributed by atoms with Crippen LogP contribution in [0, 0.1) is 0 Å². The normalized spacial score (nSPS) is 17.8. The van der Waals surface area contributed by atoms with Crippen LogP contribution in [-0.2, 0) is 0 Å². The SMILES string of the molecule is C(=COc1ccccc1)CN1CCNCC1. The molecule has 3 heteroatoms. The largest absolute Gasteiger partial charge is 0.465 e. The molecule has 86 valence electrons. The first-order valence-corrected chi connectivity index (χ1v) is 5.75. The number of nitrogens with zero attached hydrogens (tertiary/aromatic N) is 1. The van der Waals surface area contributed by atoms with Gasteiger partial charge in [0.05, 0.1) is 6.26 Å². The van der Waals surface area contributed by atoms with Crippen LogP contribution in [0.2, 0.25) is 0 Å². The second kappa shape index (κ2) is 6.30. The van der Waals surface area contributed by atoms with Gasteiger partial charge in [0.15, 0.2) is 0 Å². The summed E-state index contributed by atoms with van der Waals surface area (Å²) in [6.07, 6.45) is 3.84. The molecular weight excluding hydrogens is 200 g/mol. The van der Waals surface area contributed by atoms with Crippen molar-refractivity contribution in [3.8, 4) is 5.75 Å². The van der Waals surface area contributed by atoms with E-state index in [-0.39, 0.29) is 0 Å². The van der Waals surface area contributed by atoms with Crippen LogP contribution in [0.25, 0.3) is 0 Å². The van der Waals surface area contributed by atoms with Crippen molar-refractivity contribution >= 4 is 0 Å². The van der Waals surface area contributed by atoms with Gasteiger partial charge in [0.25, 0.3) is 0 Å². The zero-order valence-electron chi connectivity index (χ0n) is 9.43. The highest BCUT2D eigenvalue weighted by atomic mass is 16.5. The van der Waals surface area contributed by atoms with Gasteiger partial charge in [0.2, 0.25) is 0 Å². The van der Waals surface area contributed by atoms with Gasteiger partial charge in [-0.2, -0.15) is 0 Å². The fourth-order valence-electron chi connectivity index (χ4n) is 1.71. The predicted molar refractivity (Wildman–Crippen MR) is 65.5 cm³/mol. The fraction of sp³-hybridized carbons (Fsp3) is 0.385. The van der Waals surface area contributed by atoms with Crippen molar-refractivity contribution in [2.75, 3.05) is 32.7 Å². The summed E-state index contributed by atoms with van der Waals surface area (Å²) in [6.45, 7) is 5.39. The lowest BCUT2D eigenvalue weighted by Gasteiger charge is -2.25. The Balaban J connectivity index is 1.69. The number of benzene rings is 1. The van der Waals surface area contributed by atoms with E-state index in [2.05, 4.69) is 16.3 Å². The Hall–Kier alpha value is -1.32. The van der Waals surface area contributed by atoms with Gasteiger partial charge in [-0.1, -0.05) is 18.2 Å². The van der Waals surface area contributed by atoms with Crippen molar-refractivity contribution in [3.05, 3.63) is 42.7 Å². The molecule has 0 radical (unpaired) electrons. The number of ether oxygens (including phenoxy) is 1. The van der Waals surface area contributed by atoms with Crippen molar-refractivity contribution < 1.29 is 4.74 Å². The Labute approximate surface area is 96.7 Å². The van der Waals surface area contributed by atoms with E-state index >= 15 is 0 Å². The van der Waals surface area contributed by atoms with Gasteiger partial charge in [-0.25, -0.2) is 0 Å². The molecule has 1 aromatic rings. The molecule has 1 N–H and O–H groups in total. The van der Waals surface area contributed by atoms with Gasteiger partial charge in [0, 0.05) is 32.7 Å². The molecule has 3 nitrogen and oxygen atoms in total. The Morgan fingerprint density at radius 3 is 2.69 bits per heavy atom. The maximum atomic E-state index is 5.47. The lowest BCUT2D eigenvalue weighted by atomic mass is 10.3. The lowest BCUT2D eigenvalue weighted by Crippen LogP contribution is -2.43. The third kappa shape index (κ3) is 3.68. The smallest absolute Gasteiger partial charge is 0.126 e. The van der Waals surface area contributed by atoms with Crippen molar-refractivity contribution in [3.63, 3.8) is 0 Å². The second-order valence-electron chi connectivity index (χ2n) is 3.85. The molecule has 1 aliphatic rings. The van der Waals surface area contributed by atoms with Crippen molar-refractivity contribution in [1.29, 1.82) is 0 Å². The Morgan fingerprint density at radius 2 is 1.94 bits per heavy atom. The molecule has 2 rings (SSSR count). The van der Waals surface area contributed by atoms with Crippen LogP contribution < -0.4 is 10.1 Å². The van der Waals surface area contributed by atoms with Crippen LogP contribution in [0.5, 0.6) is 5.75 Å². The number of rotatable bonds is 4. The van der Waals surface area contributed by atoms with Crippen LogP contribution in [-0.4, -0.2) is 37.6 Å². The number of para-hydroxylation sites is 1. The maximum Gasteiger partial charge on any atom is 0.126 e. The van der Waals surface area contributed by atoms with E-state index in [1.54, 1.807) is 6.26 Å². The highest BCUT2D eigenvalue weighted by Crippen LogP contribution is 2.08. The van der Waals surface area contributed by atoms with Crippen LogP contribution in [0.15, 0.2) is 42.7 Å². The van der Waals surface area contributed by atoms with Crippen LogP contribution in [0.4, 0.5) is 0 Å². The summed E-state index contributed by atoms with van der Waals surface area (Å²) in [5, 5.41) is 3.33. The molecular formula is C13H18N2O. The van der Waals surface area contributed by atoms with Gasteiger partial charge in [0.1, 0.15) is 5.75 Å². The van der Waals surface area contributed by atoms with Crippen LogP contribution in [0.3, 0.4) is 0 Å². The molecule has 1 aromatic carbocycles. The number of piperazine rings is 1. The summed E-state index contributed by atoms with van der Waals surface area (Å²) in [5.74, 6) is 0.888. The highest BCUT2D eigenvalue weighted by Gasteiger charge is 2.06. The third-order valence-electron chi connectivity index (χ3n) is 2.62. The zero-order chi connectivity index (χ0) is 11.1. The van der Waals surface area contributed by atoms with Gasteiger partial charge >= 0.3 is 0 Å². The van der Waals surface area contributed by atoms with Crippen molar-refractivity contribution in [2.24, 2.45) is 0 Å². The highest BCUT2D eigenvalue weighted by molar-refractivity contribution is 5.21. The average molecular weight is 218 g/mol. The second-order valence-corrected chi connectivity index (χ2v) is 3.85. The minimum atomic E-state index is 0.888. The van der Waals surface area contributed by atoms with E-state index in [0.717, 1.165) is 38.5 Å². The monoisotopic (exact) mass is 218 g/mol. The minimum Gasteiger partial charge on any atom is -0.465 e. The van der Waals surface area contributed by atoms with E-state index in [1.165, 1.54) is 0 Å². The van der Waals surface area contributed by atoms with E-state index in [4.69, 9.17) is 4.74 Å². The lowest BCUT2D eigenvalue weighted by molar-refractivity contribution is 0.263. The molecule has 0 aliphatic carbocycles. The molecule has 1 aliphatic heterocycles. The maximum absolute atomic E-state index is 5.47. The summed E-state index contributed by atoms with van der Waals surface area (Å²) >= 11 is 0. The molecule has 1 fully saturated rings. The minimum absolute atomic E-state index is 0.888. The molecule has 0 spiro atoms. The third-order valence-corrected chi connectivity index (χ3v) is 2.62. The summed E-state index contributed by atoms with van der Waals surface area (Å²) in [7, 11) is 0. The van der Waals surface area contributed by atoms with Crippen LogP contribution in [0.1, 0.15) is 0 Å². The number of hydrogen-bond acceptors (Lipinski definition) is 3. The van der Waals surface area contributed by atoms with Gasteiger partial charge in [-0.15, -0.1) is 0 Å². The first-order valence-electron chi connectivity index (χ1n) is 5.75. The van der Waals surface area contributed by atoms with E-state index < -0.39 is 0 Å². The Bertz CT molecular complexity index is 318. The Morgan fingerprint density at radius 1 is 1.19 bits per heavy atom. The topological polar surface area (TPSA) is 24.5 Å². The average Bonchev–Trinajstić information content (AvgIpc) is 2.37. The summed E-state index contributed by atoms with van der Waals surface area (Å²) < 4.78 is 5.47. The fourth-order valence-corrected chi connectivity index (χ4v) is 1.71. The van der Waals surface area contributed by atoms with Gasteiger partial charge < -0.3 is 10.1 Å². The zero-order valence-corrected chi connectivity index (χ0v) is 9.43. The molecule has 16 heavy (non-hydrogen) atoms. The predicted octanol–water partition coefficient (Wildman–Crippen LogP) is 1.48. The molecule has 0 amide bonds. The molecule has 0 unspecified atom stereocenters. The van der Waals surface area contributed by atoms with Gasteiger partial charge in [-0.3, -0.25) is 4.90 Å². The van der Waals surface area contributed by atoms with E-state index in [0.29, 0.717) is 0 Å². The number of nitrogens with one attached hydrogen (secondary N) is 1. The Kier molecular flexibility index (Phi) is 4.40. The molecule has 0 bridgehead atoms. The number of hydrogen-bond donors (Lipinski definition) is 1. The molecule has 0 atom stereocenters. The quantitative estimate of drug-likeness (QED) is 0.775. The summed E-state index contributed by atoms with van der Waals surface area (Å²) in [4.78, 5) is 2.40. The molecule has 1 saturated heterocycles. The standard InChI is InChI=1S/C13H18N2O/c1-2-5-13(6-3-1)16-12-4-9-15-10-7-14-8-11-15/h1-6,12,14H,7-11H2. The van der Waals surface area contributed by atoms with E-state index in [1.807, 2.05) is 30.3 Å². The van der Waals surface area contributed by atoms with Gasteiger partial charge in [-0.05, 0) is 18.2 Å². The first kappa shape index (κ1) is 11.2. The van der Waals surface area contributed by atoms with Crippen molar-refractivity contribution in [1.82, 2.24) is 10.2 Å². The first-order chi connectivity index (χ1) is 7.95. The summed E-state index contributed by atoms with van der Waals surface area (Å²) in [5.41, 5.74) is 0. The van der Waals surface area contributed by atoms with Crippen LogP contribution >= 0.6 is 0 Å².